The lowest BCUT2D eigenvalue weighted by Gasteiger charge is -2.33. The second kappa shape index (κ2) is 5.55. The summed E-state index contributed by atoms with van der Waals surface area (Å²) in [6, 6.07) is 0. The van der Waals surface area contributed by atoms with Crippen molar-refractivity contribution in [3.8, 4) is 0 Å². The molecule has 0 aromatic heterocycles. The molecule has 0 aromatic carbocycles. The number of alkyl halides is 1. The van der Waals surface area contributed by atoms with E-state index in [1.165, 1.54) is 0 Å². The molecule has 0 amide bonds. The third-order valence-corrected chi connectivity index (χ3v) is 3.17. The fourth-order valence-corrected chi connectivity index (χ4v) is 2.15. The molecule has 1 aliphatic heterocycles. The molecular formula is C10H21FN2. The van der Waals surface area contributed by atoms with E-state index in [-0.39, 0.29) is 12.6 Å². The third-order valence-electron chi connectivity index (χ3n) is 3.17. The number of hydrogen-bond acceptors (Lipinski definition) is 2. The summed E-state index contributed by atoms with van der Waals surface area (Å²) >= 11 is 0. The van der Waals surface area contributed by atoms with Crippen LogP contribution in [0.2, 0.25) is 0 Å². The average molecular weight is 188 g/mol. The van der Waals surface area contributed by atoms with Gasteiger partial charge in [0.1, 0.15) is 0 Å². The molecule has 1 fully saturated rings. The molecule has 1 saturated heterocycles. The molecule has 78 valence electrons. The van der Waals surface area contributed by atoms with Crippen LogP contribution in [-0.2, 0) is 0 Å². The van der Waals surface area contributed by atoms with E-state index in [0.717, 1.165) is 32.4 Å². The molecule has 1 rings (SSSR count). The van der Waals surface area contributed by atoms with E-state index >= 15 is 0 Å². The third kappa shape index (κ3) is 3.24. The molecule has 2 nitrogen and oxygen atoms in total. The normalized spacial score (nSPS) is 23.3. The van der Waals surface area contributed by atoms with Gasteiger partial charge in [-0.3, -0.25) is 4.39 Å². The Morgan fingerprint density at radius 3 is 2.54 bits per heavy atom. The van der Waals surface area contributed by atoms with Crippen molar-refractivity contribution in [2.24, 2.45) is 17.6 Å². The molecule has 0 aromatic rings. The molecule has 0 saturated carbocycles. The lowest BCUT2D eigenvalue weighted by molar-refractivity contribution is 0.146. The van der Waals surface area contributed by atoms with E-state index in [1.807, 2.05) is 0 Å². The molecule has 13 heavy (non-hydrogen) atoms. The van der Waals surface area contributed by atoms with Gasteiger partial charge >= 0.3 is 0 Å². The first-order chi connectivity index (χ1) is 6.27. The Morgan fingerprint density at radius 2 is 2.08 bits per heavy atom. The molecule has 0 radical (unpaired) electrons. The SMILES string of the molecule is CN1CCC(C(CF)CCN)CC1. The number of likely N-dealkylation sites (tertiary alicyclic amines) is 1. The zero-order valence-electron chi connectivity index (χ0n) is 8.51. The van der Waals surface area contributed by atoms with E-state index in [1.54, 1.807) is 0 Å². The summed E-state index contributed by atoms with van der Waals surface area (Å²) < 4.78 is 12.7. The second-order valence-electron chi connectivity index (χ2n) is 4.13. The van der Waals surface area contributed by atoms with Gasteiger partial charge in [0.05, 0.1) is 6.67 Å². The van der Waals surface area contributed by atoms with Crippen LogP contribution in [0.3, 0.4) is 0 Å². The maximum atomic E-state index is 12.7. The molecule has 0 spiro atoms. The minimum Gasteiger partial charge on any atom is -0.330 e. The van der Waals surface area contributed by atoms with Gasteiger partial charge in [0.25, 0.3) is 0 Å². The summed E-state index contributed by atoms with van der Waals surface area (Å²) in [5, 5.41) is 0. The Labute approximate surface area is 80.3 Å². The minimum absolute atomic E-state index is 0.189. The molecule has 0 bridgehead atoms. The van der Waals surface area contributed by atoms with Crippen molar-refractivity contribution in [1.82, 2.24) is 4.90 Å². The van der Waals surface area contributed by atoms with Crippen LogP contribution in [0.4, 0.5) is 4.39 Å². The van der Waals surface area contributed by atoms with Crippen molar-refractivity contribution in [2.45, 2.75) is 19.3 Å². The molecule has 0 aliphatic carbocycles. The van der Waals surface area contributed by atoms with Crippen LogP contribution in [0.25, 0.3) is 0 Å². The Morgan fingerprint density at radius 1 is 1.46 bits per heavy atom. The first-order valence-corrected chi connectivity index (χ1v) is 5.22. The molecular weight excluding hydrogens is 167 g/mol. The monoisotopic (exact) mass is 188 g/mol. The smallest absolute Gasteiger partial charge is 0.0925 e. The Kier molecular flexibility index (Phi) is 4.67. The highest BCUT2D eigenvalue weighted by Crippen LogP contribution is 2.26. The summed E-state index contributed by atoms with van der Waals surface area (Å²) in [4.78, 5) is 2.31. The molecule has 1 aliphatic rings. The minimum atomic E-state index is -0.189. The quantitative estimate of drug-likeness (QED) is 0.719. The highest BCUT2D eigenvalue weighted by atomic mass is 19.1. The Bertz CT molecular complexity index is 133. The maximum absolute atomic E-state index is 12.7. The molecule has 2 N–H and O–H groups in total. The van der Waals surface area contributed by atoms with Crippen LogP contribution >= 0.6 is 0 Å². The van der Waals surface area contributed by atoms with E-state index in [2.05, 4.69) is 11.9 Å². The summed E-state index contributed by atoms with van der Waals surface area (Å²) in [6.07, 6.45) is 3.14. The second-order valence-corrected chi connectivity index (χ2v) is 4.13. The topological polar surface area (TPSA) is 29.3 Å². The van der Waals surface area contributed by atoms with Gasteiger partial charge in [-0.15, -0.1) is 0 Å². The van der Waals surface area contributed by atoms with Crippen LogP contribution in [0.1, 0.15) is 19.3 Å². The van der Waals surface area contributed by atoms with Gasteiger partial charge in [0.2, 0.25) is 0 Å². The standard InChI is InChI=1S/C10H21FN2/c1-13-6-3-9(4-7-13)10(8-11)2-5-12/h9-10H,2-8,12H2,1H3. The average Bonchev–Trinajstić information content (AvgIpc) is 2.16. The zero-order chi connectivity index (χ0) is 9.68. The van der Waals surface area contributed by atoms with Crippen molar-refractivity contribution in [2.75, 3.05) is 33.4 Å². The van der Waals surface area contributed by atoms with Crippen LogP contribution in [0, 0.1) is 11.8 Å². The number of nitrogens with two attached hydrogens (primary N) is 1. The fourth-order valence-electron chi connectivity index (χ4n) is 2.15. The van der Waals surface area contributed by atoms with Gasteiger partial charge in [0.15, 0.2) is 0 Å². The predicted molar refractivity (Wildman–Crippen MR) is 53.4 cm³/mol. The highest BCUT2D eigenvalue weighted by Gasteiger charge is 2.24. The van der Waals surface area contributed by atoms with Gasteiger partial charge < -0.3 is 10.6 Å². The Hall–Kier alpha value is -0.150. The Balaban J connectivity index is 2.32. The van der Waals surface area contributed by atoms with E-state index in [9.17, 15) is 4.39 Å². The van der Waals surface area contributed by atoms with Gasteiger partial charge in [-0.1, -0.05) is 0 Å². The molecule has 1 unspecified atom stereocenters. The fraction of sp³-hybridized carbons (Fsp3) is 1.00. The van der Waals surface area contributed by atoms with Gasteiger partial charge in [-0.2, -0.15) is 0 Å². The molecule has 3 heteroatoms. The molecule has 1 atom stereocenters. The maximum Gasteiger partial charge on any atom is 0.0925 e. The van der Waals surface area contributed by atoms with Crippen molar-refractivity contribution >= 4 is 0 Å². The van der Waals surface area contributed by atoms with Crippen molar-refractivity contribution in [1.29, 1.82) is 0 Å². The van der Waals surface area contributed by atoms with Gasteiger partial charge in [0, 0.05) is 0 Å². The first kappa shape index (κ1) is 10.9. The number of hydrogen-bond donors (Lipinski definition) is 1. The number of piperidine rings is 1. The summed E-state index contributed by atoms with van der Waals surface area (Å²) in [5.74, 6) is 0.795. The van der Waals surface area contributed by atoms with Crippen molar-refractivity contribution < 1.29 is 4.39 Å². The van der Waals surface area contributed by atoms with E-state index in [4.69, 9.17) is 5.73 Å². The number of rotatable bonds is 4. The zero-order valence-corrected chi connectivity index (χ0v) is 8.51. The summed E-state index contributed by atoms with van der Waals surface area (Å²) in [6.45, 7) is 2.67. The van der Waals surface area contributed by atoms with Gasteiger partial charge in [-0.05, 0) is 57.8 Å². The summed E-state index contributed by atoms with van der Waals surface area (Å²) in [7, 11) is 2.13. The first-order valence-electron chi connectivity index (χ1n) is 5.22. The predicted octanol–water partition coefficient (Wildman–Crippen LogP) is 1.26. The summed E-state index contributed by atoms with van der Waals surface area (Å²) in [5.41, 5.74) is 5.46. The van der Waals surface area contributed by atoms with Crippen molar-refractivity contribution in [3.05, 3.63) is 0 Å². The van der Waals surface area contributed by atoms with Crippen LogP contribution in [-0.4, -0.2) is 38.3 Å². The van der Waals surface area contributed by atoms with E-state index in [0.29, 0.717) is 12.5 Å². The lowest BCUT2D eigenvalue weighted by atomic mass is 9.83. The van der Waals surface area contributed by atoms with Crippen LogP contribution in [0.5, 0.6) is 0 Å². The lowest BCUT2D eigenvalue weighted by Crippen LogP contribution is -2.34. The van der Waals surface area contributed by atoms with Crippen LogP contribution < -0.4 is 5.73 Å². The largest absolute Gasteiger partial charge is 0.330 e. The number of halogens is 1. The highest BCUT2D eigenvalue weighted by molar-refractivity contribution is 4.76. The molecule has 1 heterocycles. The van der Waals surface area contributed by atoms with E-state index < -0.39 is 0 Å². The van der Waals surface area contributed by atoms with Crippen LogP contribution in [0.15, 0.2) is 0 Å². The van der Waals surface area contributed by atoms with Gasteiger partial charge in [-0.25, -0.2) is 0 Å². The number of nitrogens with zero attached hydrogens (tertiary/aromatic N) is 1. The van der Waals surface area contributed by atoms with Crippen molar-refractivity contribution in [3.63, 3.8) is 0 Å².